The van der Waals surface area contributed by atoms with E-state index in [0.717, 1.165) is 70.0 Å². The van der Waals surface area contributed by atoms with Crippen LogP contribution in [-0.2, 0) is 22.5 Å². The number of imidazole rings is 1. The number of ether oxygens (including phenoxy) is 1. The number of carbonyl (C=O) groups is 1. The van der Waals surface area contributed by atoms with Crippen LogP contribution in [-0.4, -0.2) is 59.8 Å². The number of carbonyl (C=O) groups excluding carboxylic acids is 1. The lowest BCUT2D eigenvalue weighted by atomic mass is 9.85. The zero-order valence-corrected chi connectivity index (χ0v) is 15.3. The van der Waals surface area contributed by atoms with E-state index in [-0.39, 0.29) is 11.8 Å². The molecule has 26 heavy (non-hydrogen) atoms. The fourth-order valence-corrected chi connectivity index (χ4v) is 3.74. The molecule has 6 heteroatoms. The van der Waals surface area contributed by atoms with E-state index in [0.29, 0.717) is 6.54 Å². The van der Waals surface area contributed by atoms with E-state index in [4.69, 9.17) is 9.72 Å². The highest BCUT2D eigenvalue weighted by molar-refractivity contribution is 5.79. The van der Waals surface area contributed by atoms with Crippen LogP contribution in [0.2, 0.25) is 0 Å². The zero-order chi connectivity index (χ0) is 17.8. The van der Waals surface area contributed by atoms with Crippen LogP contribution in [0, 0.1) is 5.92 Å². The van der Waals surface area contributed by atoms with Crippen molar-refractivity contribution in [2.45, 2.75) is 32.2 Å². The van der Waals surface area contributed by atoms with Crippen molar-refractivity contribution in [2.24, 2.45) is 5.92 Å². The van der Waals surface area contributed by atoms with Crippen molar-refractivity contribution >= 4 is 16.9 Å². The van der Waals surface area contributed by atoms with Crippen molar-refractivity contribution in [3.05, 3.63) is 30.1 Å². The Kier molecular flexibility index (Phi) is 5.51. The maximum atomic E-state index is 12.0. The Hall–Kier alpha value is -1.92. The maximum Gasteiger partial charge on any atom is 0.223 e. The Bertz CT molecular complexity index is 747. The van der Waals surface area contributed by atoms with Gasteiger partial charge in [-0.3, -0.25) is 9.69 Å². The molecule has 2 heterocycles. The van der Waals surface area contributed by atoms with Crippen LogP contribution in [0.1, 0.15) is 25.1 Å². The van der Waals surface area contributed by atoms with Crippen molar-refractivity contribution in [3.63, 3.8) is 0 Å². The van der Waals surface area contributed by atoms with Crippen molar-refractivity contribution in [1.29, 1.82) is 0 Å². The molecule has 1 aromatic carbocycles. The van der Waals surface area contributed by atoms with Crippen LogP contribution in [0.5, 0.6) is 0 Å². The molecule has 6 nitrogen and oxygen atoms in total. The molecule has 1 aliphatic heterocycles. The first-order valence-electron chi connectivity index (χ1n) is 9.83. The standard InChI is InChI=1S/C20H28N4O2/c25-20(16-4-3-5-16)21-9-8-19-22-17-6-1-2-7-18(17)24(19)11-10-23-12-14-26-15-13-23/h1-2,6-7,16H,3-5,8-15H2,(H,21,25). The minimum atomic E-state index is 0.215. The van der Waals surface area contributed by atoms with Crippen LogP contribution in [0.15, 0.2) is 24.3 Å². The third kappa shape index (κ3) is 3.91. The van der Waals surface area contributed by atoms with Crippen molar-refractivity contribution in [2.75, 3.05) is 39.4 Å². The van der Waals surface area contributed by atoms with Gasteiger partial charge in [0.05, 0.1) is 24.2 Å². The lowest BCUT2D eigenvalue weighted by Gasteiger charge is -2.27. The SMILES string of the molecule is O=C(NCCc1nc2ccccc2n1CCN1CCOCC1)C1CCC1. The second-order valence-electron chi connectivity index (χ2n) is 7.29. The molecule has 0 atom stereocenters. The van der Waals surface area contributed by atoms with Crippen molar-refractivity contribution < 1.29 is 9.53 Å². The largest absolute Gasteiger partial charge is 0.379 e. The highest BCUT2D eigenvalue weighted by Crippen LogP contribution is 2.26. The summed E-state index contributed by atoms with van der Waals surface area (Å²) in [5.74, 6) is 1.52. The molecule has 2 aromatic rings. The number of hydrogen-bond donors (Lipinski definition) is 1. The summed E-state index contributed by atoms with van der Waals surface area (Å²) in [6, 6.07) is 8.30. The number of amides is 1. The number of benzene rings is 1. The van der Waals surface area contributed by atoms with E-state index < -0.39 is 0 Å². The molecule has 1 N–H and O–H groups in total. The first-order valence-corrected chi connectivity index (χ1v) is 9.83. The summed E-state index contributed by atoms with van der Waals surface area (Å²) >= 11 is 0. The number of hydrogen-bond acceptors (Lipinski definition) is 4. The summed E-state index contributed by atoms with van der Waals surface area (Å²) in [7, 11) is 0. The fraction of sp³-hybridized carbons (Fsp3) is 0.600. The number of morpholine rings is 1. The van der Waals surface area contributed by atoms with Gasteiger partial charge in [-0.2, -0.15) is 0 Å². The van der Waals surface area contributed by atoms with Gasteiger partial charge in [0.15, 0.2) is 0 Å². The Labute approximate surface area is 154 Å². The molecule has 0 bridgehead atoms. The first kappa shape index (κ1) is 17.5. The molecular weight excluding hydrogens is 328 g/mol. The van der Waals surface area contributed by atoms with Crippen molar-refractivity contribution in [1.82, 2.24) is 19.8 Å². The normalized spacial score (nSPS) is 18.8. The highest BCUT2D eigenvalue weighted by atomic mass is 16.5. The van der Waals surface area contributed by atoms with Gasteiger partial charge >= 0.3 is 0 Å². The molecule has 0 radical (unpaired) electrons. The van der Waals surface area contributed by atoms with Crippen LogP contribution < -0.4 is 5.32 Å². The van der Waals surface area contributed by atoms with Crippen LogP contribution in [0.3, 0.4) is 0 Å². The van der Waals surface area contributed by atoms with Gasteiger partial charge in [0.25, 0.3) is 0 Å². The van der Waals surface area contributed by atoms with E-state index >= 15 is 0 Å². The lowest BCUT2D eigenvalue weighted by molar-refractivity contribution is -0.127. The number of rotatable bonds is 7. The Balaban J connectivity index is 1.41. The summed E-state index contributed by atoms with van der Waals surface area (Å²) in [5, 5.41) is 3.09. The molecule has 140 valence electrons. The second kappa shape index (κ2) is 8.18. The fourth-order valence-electron chi connectivity index (χ4n) is 3.74. The highest BCUT2D eigenvalue weighted by Gasteiger charge is 2.24. The minimum absolute atomic E-state index is 0.215. The smallest absolute Gasteiger partial charge is 0.223 e. The molecule has 1 saturated carbocycles. The van der Waals surface area contributed by atoms with Crippen LogP contribution in [0.25, 0.3) is 11.0 Å². The Morgan fingerprint density at radius 1 is 1.19 bits per heavy atom. The van der Waals surface area contributed by atoms with Gasteiger partial charge < -0.3 is 14.6 Å². The lowest BCUT2D eigenvalue weighted by Crippen LogP contribution is -2.38. The quantitative estimate of drug-likeness (QED) is 0.822. The molecular formula is C20H28N4O2. The van der Waals surface area contributed by atoms with E-state index in [1.807, 2.05) is 6.07 Å². The minimum Gasteiger partial charge on any atom is -0.379 e. The molecule has 2 fully saturated rings. The van der Waals surface area contributed by atoms with Gasteiger partial charge in [0.2, 0.25) is 5.91 Å². The molecule has 2 aliphatic rings. The number of nitrogens with zero attached hydrogens (tertiary/aromatic N) is 3. The second-order valence-corrected chi connectivity index (χ2v) is 7.29. The van der Waals surface area contributed by atoms with Crippen molar-refractivity contribution in [3.8, 4) is 0 Å². The summed E-state index contributed by atoms with van der Waals surface area (Å²) in [6.45, 7) is 6.24. The average Bonchev–Trinajstić information content (AvgIpc) is 2.97. The molecule has 1 saturated heterocycles. The predicted octanol–water partition coefficient (Wildman–Crippen LogP) is 1.83. The predicted molar refractivity (Wildman–Crippen MR) is 101 cm³/mol. The summed E-state index contributed by atoms with van der Waals surface area (Å²) in [4.78, 5) is 19.3. The van der Waals surface area contributed by atoms with E-state index in [1.165, 1.54) is 11.9 Å². The molecule has 4 rings (SSSR count). The molecule has 0 unspecified atom stereocenters. The monoisotopic (exact) mass is 356 g/mol. The van der Waals surface area contributed by atoms with Gasteiger partial charge in [0, 0.05) is 45.1 Å². The molecule has 1 aliphatic carbocycles. The van der Waals surface area contributed by atoms with E-state index in [1.54, 1.807) is 0 Å². The topological polar surface area (TPSA) is 59.4 Å². The van der Waals surface area contributed by atoms with Crippen LogP contribution in [0.4, 0.5) is 0 Å². The summed E-state index contributed by atoms with van der Waals surface area (Å²) < 4.78 is 7.76. The number of fused-ring (bicyclic) bond motifs is 1. The van der Waals surface area contributed by atoms with Gasteiger partial charge in [-0.15, -0.1) is 0 Å². The number of para-hydroxylation sites is 2. The first-order chi connectivity index (χ1) is 12.8. The zero-order valence-electron chi connectivity index (χ0n) is 15.3. The van der Waals surface area contributed by atoms with Gasteiger partial charge in [0.1, 0.15) is 5.82 Å². The Morgan fingerprint density at radius 3 is 2.77 bits per heavy atom. The number of nitrogens with one attached hydrogen (secondary N) is 1. The third-order valence-electron chi connectivity index (χ3n) is 5.60. The van der Waals surface area contributed by atoms with Gasteiger partial charge in [-0.1, -0.05) is 18.6 Å². The van der Waals surface area contributed by atoms with E-state index in [9.17, 15) is 4.79 Å². The van der Waals surface area contributed by atoms with E-state index in [2.05, 4.69) is 33.0 Å². The maximum absolute atomic E-state index is 12.0. The number of aromatic nitrogens is 2. The molecule has 1 amide bonds. The summed E-state index contributed by atoms with van der Waals surface area (Å²) in [5.41, 5.74) is 2.22. The average molecular weight is 356 g/mol. The van der Waals surface area contributed by atoms with Gasteiger partial charge in [-0.25, -0.2) is 4.98 Å². The summed E-state index contributed by atoms with van der Waals surface area (Å²) in [6.07, 6.45) is 4.06. The van der Waals surface area contributed by atoms with Gasteiger partial charge in [-0.05, 0) is 25.0 Å². The Morgan fingerprint density at radius 2 is 2.00 bits per heavy atom. The van der Waals surface area contributed by atoms with Crippen LogP contribution >= 0.6 is 0 Å². The molecule has 1 aromatic heterocycles. The molecule has 0 spiro atoms. The third-order valence-corrected chi connectivity index (χ3v) is 5.60.